The molecule has 0 radical (unpaired) electrons. The quantitative estimate of drug-likeness (QED) is 0.157. The summed E-state index contributed by atoms with van der Waals surface area (Å²) >= 11 is 3.90. The van der Waals surface area contributed by atoms with Crippen LogP contribution in [0.5, 0.6) is 0 Å². The van der Waals surface area contributed by atoms with E-state index in [1.165, 1.54) is 0 Å². The minimum atomic E-state index is -1.33. The number of rotatable bonds is 14. The molecule has 178 valence electrons. The Balaban J connectivity index is 5.48. The highest BCUT2D eigenvalue weighted by molar-refractivity contribution is 7.80. The molecule has 0 rings (SSSR count). The Hall–Kier alpha value is -2.34. The predicted molar refractivity (Wildman–Crippen MR) is 118 cm³/mol. The Morgan fingerprint density at radius 3 is 1.90 bits per heavy atom. The molecular formula is C19H35N5O6S. The van der Waals surface area contributed by atoms with Gasteiger partial charge in [0.15, 0.2) is 0 Å². The van der Waals surface area contributed by atoms with Crippen molar-refractivity contribution >= 4 is 42.2 Å². The third kappa shape index (κ3) is 10.5. The van der Waals surface area contributed by atoms with E-state index >= 15 is 0 Å². The van der Waals surface area contributed by atoms with E-state index in [1.54, 1.807) is 13.8 Å². The van der Waals surface area contributed by atoms with E-state index in [2.05, 4.69) is 28.6 Å². The maximum absolute atomic E-state index is 12.8. The molecule has 5 atom stereocenters. The highest BCUT2D eigenvalue weighted by Crippen LogP contribution is 2.10. The van der Waals surface area contributed by atoms with Gasteiger partial charge in [-0.05, 0) is 18.3 Å². The van der Waals surface area contributed by atoms with Crippen LogP contribution < -0.4 is 27.4 Å². The summed E-state index contributed by atoms with van der Waals surface area (Å²) in [5, 5.41) is 16.3. The first kappa shape index (κ1) is 28.7. The Bertz CT molecular complexity index is 660. The van der Waals surface area contributed by atoms with Crippen molar-refractivity contribution in [3.8, 4) is 0 Å². The topological polar surface area (TPSA) is 194 Å². The average Bonchev–Trinajstić information content (AvgIpc) is 2.67. The van der Waals surface area contributed by atoms with Crippen LogP contribution >= 0.6 is 12.6 Å². The number of carboxylic acids is 1. The second kappa shape index (κ2) is 13.9. The number of carbonyl (C=O) groups excluding carboxylic acids is 4. The van der Waals surface area contributed by atoms with Crippen molar-refractivity contribution in [2.45, 2.75) is 71.1 Å². The van der Waals surface area contributed by atoms with Gasteiger partial charge in [-0.15, -0.1) is 0 Å². The first-order chi connectivity index (χ1) is 14.3. The molecule has 0 saturated carbocycles. The Labute approximate surface area is 187 Å². The summed E-state index contributed by atoms with van der Waals surface area (Å²) in [6.45, 7) is 7.25. The predicted octanol–water partition coefficient (Wildman–Crippen LogP) is -1.25. The van der Waals surface area contributed by atoms with Crippen LogP contribution in [-0.2, 0) is 24.0 Å². The molecule has 0 heterocycles. The molecule has 0 aromatic heterocycles. The summed E-state index contributed by atoms with van der Waals surface area (Å²) < 4.78 is 0. The zero-order chi connectivity index (χ0) is 24.3. The smallest absolute Gasteiger partial charge is 0.327 e. The van der Waals surface area contributed by atoms with E-state index in [0.29, 0.717) is 12.8 Å². The van der Waals surface area contributed by atoms with E-state index in [-0.39, 0.29) is 17.6 Å². The van der Waals surface area contributed by atoms with Gasteiger partial charge in [0, 0.05) is 5.75 Å². The van der Waals surface area contributed by atoms with Crippen molar-refractivity contribution in [3.05, 3.63) is 0 Å². The van der Waals surface area contributed by atoms with Gasteiger partial charge in [0.25, 0.3) is 0 Å². The molecule has 11 nitrogen and oxygen atoms in total. The number of nitrogens with one attached hydrogen (secondary N) is 3. The fraction of sp³-hybridized carbons (Fsp3) is 0.737. The van der Waals surface area contributed by atoms with Gasteiger partial charge >= 0.3 is 5.97 Å². The van der Waals surface area contributed by atoms with Gasteiger partial charge < -0.3 is 32.5 Å². The number of hydrogen-bond acceptors (Lipinski definition) is 7. The number of carbonyl (C=O) groups is 5. The van der Waals surface area contributed by atoms with Gasteiger partial charge in [-0.1, -0.05) is 34.1 Å². The van der Waals surface area contributed by atoms with Crippen LogP contribution in [0.3, 0.4) is 0 Å². The Morgan fingerprint density at radius 1 is 0.935 bits per heavy atom. The van der Waals surface area contributed by atoms with E-state index in [0.717, 1.165) is 0 Å². The van der Waals surface area contributed by atoms with Crippen molar-refractivity contribution in [3.63, 3.8) is 0 Å². The van der Waals surface area contributed by atoms with Crippen LogP contribution in [0.2, 0.25) is 0 Å². The Kier molecular flexibility index (Phi) is 12.8. The largest absolute Gasteiger partial charge is 0.480 e. The fourth-order valence-electron chi connectivity index (χ4n) is 2.71. The molecule has 0 bridgehead atoms. The number of aliphatic carboxylic acids is 1. The SMILES string of the molecule is CCC(C)C(NC(=O)C(CC(N)=O)NC(=O)C(N)CC(C)C)C(=O)NC(CS)C(=O)O. The lowest BCUT2D eigenvalue weighted by Crippen LogP contribution is -2.59. The lowest BCUT2D eigenvalue weighted by atomic mass is 9.97. The summed E-state index contributed by atoms with van der Waals surface area (Å²) in [5.41, 5.74) is 11.0. The van der Waals surface area contributed by atoms with Gasteiger partial charge in [-0.3, -0.25) is 19.2 Å². The van der Waals surface area contributed by atoms with Gasteiger partial charge in [0.05, 0.1) is 12.5 Å². The molecule has 0 saturated heterocycles. The number of thiol groups is 1. The summed E-state index contributed by atoms with van der Waals surface area (Å²) in [6, 6.07) is -4.56. The Morgan fingerprint density at radius 2 is 1.48 bits per heavy atom. The minimum absolute atomic E-state index is 0.136. The van der Waals surface area contributed by atoms with E-state index in [1.807, 2.05) is 13.8 Å². The van der Waals surface area contributed by atoms with Crippen molar-refractivity contribution < 1.29 is 29.1 Å². The standard InChI is InChI=1S/C19H35N5O6S/c1-5-10(4)15(18(28)23-13(8-31)19(29)30)24-17(27)12(7-14(21)25)22-16(26)11(20)6-9(2)3/h9-13,15,31H,5-8,20H2,1-4H3,(H2,21,25)(H,22,26)(H,23,28)(H,24,27)(H,29,30). The van der Waals surface area contributed by atoms with Gasteiger partial charge in [0.1, 0.15) is 18.1 Å². The van der Waals surface area contributed by atoms with E-state index in [4.69, 9.17) is 16.6 Å². The van der Waals surface area contributed by atoms with Gasteiger partial charge in [-0.2, -0.15) is 12.6 Å². The molecule has 12 heteroatoms. The molecule has 0 spiro atoms. The summed E-state index contributed by atoms with van der Waals surface area (Å²) in [4.78, 5) is 60.3. The molecule has 0 aromatic carbocycles. The average molecular weight is 462 g/mol. The highest BCUT2D eigenvalue weighted by Gasteiger charge is 2.33. The first-order valence-electron chi connectivity index (χ1n) is 10.1. The monoisotopic (exact) mass is 461 g/mol. The van der Waals surface area contributed by atoms with Crippen molar-refractivity contribution in [2.75, 3.05) is 5.75 Å². The third-order valence-corrected chi connectivity index (χ3v) is 5.06. The van der Waals surface area contributed by atoms with Crippen molar-refractivity contribution in [2.24, 2.45) is 23.3 Å². The third-order valence-electron chi connectivity index (χ3n) is 4.69. The van der Waals surface area contributed by atoms with E-state index in [9.17, 15) is 24.0 Å². The zero-order valence-electron chi connectivity index (χ0n) is 18.4. The number of primary amides is 1. The molecule has 0 aliphatic rings. The normalized spacial score (nSPS) is 15.8. The number of nitrogens with two attached hydrogens (primary N) is 2. The molecule has 0 fully saturated rings. The summed E-state index contributed by atoms with van der Waals surface area (Å²) in [6.07, 6.45) is 0.368. The fourth-order valence-corrected chi connectivity index (χ4v) is 2.95. The van der Waals surface area contributed by atoms with E-state index < -0.39 is 60.2 Å². The van der Waals surface area contributed by atoms with Crippen LogP contribution in [0, 0.1) is 11.8 Å². The van der Waals surface area contributed by atoms with Crippen molar-refractivity contribution in [1.29, 1.82) is 0 Å². The first-order valence-corrected chi connectivity index (χ1v) is 10.8. The molecular weight excluding hydrogens is 426 g/mol. The second-order valence-corrected chi connectivity index (χ2v) is 8.29. The van der Waals surface area contributed by atoms with Crippen molar-refractivity contribution in [1.82, 2.24) is 16.0 Å². The number of hydrogen-bond donors (Lipinski definition) is 7. The molecule has 31 heavy (non-hydrogen) atoms. The van der Waals surface area contributed by atoms with Crippen LogP contribution in [0.4, 0.5) is 0 Å². The molecule has 4 amide bonds. The maximum Gasteiger partial charge on any atom is 0.327 e. The molecule has 8 N–H and O–H groups in total. The molecule has 0 aliphatic heterocycles. The number of carboxylic acid groups (broad SMARTS) is 1. The molecule has 5 unspecified atom stereocenters. The summed E-state index contributed by atoms with van der Waals surface area (Å²) in [7, 11) is 0. The second-order valence-electron chi connectivity index (χ2n) is 7.92. The van der Waals surface area contributed by atoms with Crippen LogP contribution in [0.15, 0.2) is 0 Å². The zero-order valence-corrected chi connectivity index (χ0v) is 19.3. The van der Waals surface area contributed by atoms with Crippen LogP contribution in [0.1, 0.15) is 47.0 Å². The highest BCUT2D eigenvalue weighted by atomic mass is 32.1. The lowest BCUT2D eigenvalue weighted by Gasteiger charge is -2.27. The number of amides is 4. The molecule has 0 aromatic rings. The minimum Gasteiger partial charge on any atom is -0.480 e. The summed E-state index contributed by atoms with van der Waals surface area (Å²) in [5.74, 6) is -4.62. The maximum atomic E-state index is 12.8. The van der Waals surface area contributed by atoms with Crippen LogP contribution in [0.25, 0.3) is 0 Å². The molecule has 0 aliphatic carbocycles. The van der Waals surface area contributed by atoms with Crippen LogP contribution in [-0.4, -0.2) is 64.6 Å². The lowest BCUT2D eigenvalue weighted by molar-refractivity contribution is -0.142. The van der Waals surface area contributed by atoms with Gasteiger partial charge in [-0.25, -0.2) is 4.79 Å². The van der Waals surface area contributed by atoms with Gasteiger partial charge in [0.2, 0.25) is 23.6 Å².